The van der Waals surface area contributed by atoms with Crippen LogP contribution in [0, 0.1) is 5.92 Å². The highest BCUT2D eigenvalue weighted by molar-refractivity contribution is 5.89. The van der Waals surface area contributed by atoms with E-state index in [9.17, 15) is 14.4 Å². The Morgan fingerprint density at radius 3 is 2.44 bits per heavy atom. The maximum Gasteiger partial charge on any atom is 0.308 e. The van der Waals surface area contributed by atoms with E-state index in [0.717, 1.165) is 5.56 Å². The average molecular weight is 349 g/mol. The summed E-state index contributed by atoms with van der Waals surface area (Å²) in [5, 5.41) is 2.72. The highest BCUT2D eigenvalue weighted by Gasteiger charge is 2.23. The predicted molar refractivity (Wildman–Crippen MR) is 94.3 cm³/mol. The van der Waals surface area contributed by atoms with Crippen molar-refractivity contribution in [3.63, 3.8) is 0 Å². The van der Waals surface area contributed by atoms with Crippen molar-refractivity contribution in [1.29, 1.82) is 0 Å². The first-order chi connectivity index (χ1) is 11.8. The fraction of sp³-hybridized carbons (Fsp3) is 0.500. The van der Waals surface area contributed by atoms with Crippen molar-refractivity contribution < 1.29 is 19.1 Å². The molecule has 25 heavy (non-hydrogen) atoms. The van der Waals surface area contributed by atoms with Gasteiger partial charge in [-0.3, -0.25) is 14.4 Å². The summed E-state index contributed by atoms with van der Waals surface area (Å²) in [7, 11) is 1.48. The number of carbonyl (C=O) groups is 3. The summed E-state index contributed by atoms with van der Waals surface area (Å²) in [5.74, 6) is -0.964. The molecular formula is C18H27N3O4. The van der Waals surface area contributed by atoms with Gasteiger partial charge in [0.2, 0.25) is 11.8 Å². The molecule has 0 fully saturated rings. The Kier molecular flexibility index (Phi) is 8.63. The first-order valence-electron chi connectivity index (χ1n) is 8.26. The minimum absolute atomic E-state index is 0.0989. The summed E-state index contributed by atoms with van der Waals surface area (Å²) in [6, 6.07) is 8.19. The smallest absolute Gasteiger partial charge is 0.308 e. The zero-order valence-electron chi connectivity index (χ0n) is 15.0. The second-order valence-corrected chi connectivity index (χ2v) is 6.35. The normalized spacial score (nSPS) is 11.7. The number of ether oxygens (including phenoxy) is 1. The van der Waals surface area contributed by atoms with Gasteiger partial charge in [-0.2, -0.15) is 0 Å². The van der Waals surface area contributed by atoms with Crippen LogP contribution >= 0.6 is 0 Å². The van der Waals surface area contributed by atoms with Crippen LogP contribution in [0.5, 0.6) is 0 Å². The number of nitrogens with one attached hydrogen (secondary N) is 1. The summed E-state index contributed by atoms with van der Waals surface area (Å²) in [6.45, 7) is 4.53. The monoisotopic (exact) mass is 349 g/mol. The minimum atomic E-state index is -1.04. The number of benzene rings is 1. The first kappa shape index (κ1) is 20.6. The van der Waals surface area contributed by atoms with E-state index in [4.69, 9.17) is 10.5 Å². The lowest BCUT2D eigenvalue weighted by Crippen LogP contribution is -2.47. The second-order valence-electron chi connectivity index (χ2n) is 6.35. The van der Waals surface area contributed by atoms with Crippen LogP contribution in [0.2, 0.25) is 0 Å². The molecule has 0 saturated carbocycles. The number of amides is 2. The van der Waals surface area contributed by atoms with Gasteiger partial charge in [-0.25, -0.2) is 0 Å². The van der Waals surface area contributed by atoms with E-state index in [1.54, 1.807) is 0 Å². The maximum absolute atomic E-state index is 12.1. The molecule has 7 heteroatoms. The van der Waals surface area contributed by atoms with Crippen LogP contribution in [0.3, 0.4) is 0 Å². The van der Waals surface area contributed by atoms with Crippen molar-refractivity contribution in [3.05, 3.63) is 35.9 Å². The van der Waals surface area contributed by atoms with E-state index in [2.05, 4.69) is 5.32 Å². The zero-order chi connectivity index (χ0) is 18.8. The van der Waals surface area contributed by atoms with E-state index in [1.165, 1.54) is 11.9 Å². The second kappa shape index (κ2) is 10.5. The van der Waals surface area contributed by atoms with E-state index < -0.39 is 17.9 Å². The molecule has 138 valence electrons. The number of carbonyl (C=O) groups excluding carboxylic acids is 3. The van der Waals surface area contributed by atoms with Crippen molar-refractivity contribution in [2.75, 3.05) is 20.1 Å². The van der Waals surface area contributed by atoms with Gasteiger partial charge in [0.1, 0.15) is 6.61 Å². The molecule has 0 saturated heterocycles. The lowest BCUT2D eigenvalue weighted by molar-refractivity contribution is -0.148. The Hall–Kier alpha value is -2.41. The van der Waals surface area contributed by atoms with Gasteiger partial charge >= 0.3 is 5.97 Å². The maximum atomic E-state index is 12.1. The topological polar surface area (TPSA) is 102 Å². The molecule has 7 nitrogen and oxygen atoms in total. The molecule has 0 aromatic heterocycles. The number of esters is 1. The molecule has 1 aromatic carbocycles. The Bertz CT molecular complexity index is 575. The Balaban J connectivity index is 2.36. The van der Waals surface area contributed by atoms with E-state index >= 15 is 0 Å². The molecular weight excluding hydrogens is 322 g/mol. The van der Waals surface area contributed by atoms with Crippen LogP contribution < -0.4 is 11.1 Å². The Labute approximate surface area is 148 Å². The zero-order valence-corrected chi connectivity index (χ0v) is 15.0. The Morgan fingerprint density at radius 1 is 1.20 bits per heavy atom. The van der Waals surface area contributed by atoms with Crippen LogP contribution in [0.15, 0.2) is 30.3 Å². The molecule has 0 aliphatic rings. The first-order valence-corrected chi connectivity index (χ1v) is 8.26. The van der Waals surface area contributed by atoms with Crippen molar-refractivity contribution in [2.24, 2.45) is 11.7 Å². The van der Waals surface area contributed by atoms with Gasteiger partial charge in [0.05, 0.1) is 19.0 Å². The molecule has 0 radical (unpaired) electrons. The van der Waals surface area contributed by atoms with Crippen molar-refractivity contribution in [2.45, 2.75) is 32.9 Å². The van der Waals surface area contributed by atoms with Crippen LogP contribution in [-0.4, -0.2) is 48.9 Å². The van der Waals surface area contributed by atoms with E-state index in [1.807, 2.05) is 44.2 Å². The third-order valence-corrected chi connectivity index (χ3v) is 3.41. The van der Waals surface area contributed by atoms with Gasteiger partial charge in [-0.15, -0.1) is 0 Å². The van der Waals surface area contributed by atoms with E-state index in [-0.39, 0.29) is 25.5 Å². The number of hydrogen-bond acceptors (Lipinski definition) is 5. The quantitative estimate of drug-likeness (QED) is 0.638. The summed E-state index contributed by atoms with van der Waals surface area (Å²) in [4.78, 5) is 36.9. The summed E-state index contributed by atoms with van der Waals surface area (Å²) < 4.78 is 5.11. The van der Waals surface area contributed by atoms with E-state index in [0.29, 0.717) is 12.5 Å². The minimum Gasteiger partial charge on any atom is -0.461 e. The van der Waals surface area contributed by atoms with Gasteiger partial charge in [0.25, 0.3) is 0 Å². The van der Waals surface area contributed by atoms with Crippen LogP contribution in [0.1, 0.15) is 25.8 Å². The van der Waals surface area contributed by atoms with Crippen LogP contribution in [0.4, 0.5) is 0 Å². The molecule has 1 atom stereocenters. The molecule has 1 rings (SSSR count). The number of hydrogen-bond donors (Lipinski definition) is 2. The molecule has 1 aromatic rings. The number of nitrogens with two attached hydrogens (primary N) is 1. The summed E-state index contributed by atoms with van der Waals surface area (Å²) in [5.41, 5.74) is 6.62. The number of rotatable bonds is 9. The van der Waals surface area contributed by atoms with Gasteiger partial charge < -0.3 is 20.7 Å². The third kappa shape index (κ3) is 8.30. The molecule has 0 aliphatic carbocycles. The van der Waals surface area contributed by atoms with Crippen LogP contribution in [-0.2, 0) is 25.7 Å². The molecule has 0 spiro atoms. The predicted octanol–water partition coefficient (Wildman–Crippen LogP) is 0.678. The molecule has 2 amide bonds. The number of likely N-dealkylation sites (N-methyl/N-ethyl adjacent to an activating group) is 1. The highest BCUT2D eigenvalue weighted by atomic mass is 16.5. The van der Waals surface area contributed by atoms with Gasteiger partial charge in [0.15, 0.2) is 0 Å². The van der Waals surface area contributed by atoms with Crippen LogP contribution in [0.25, 0.3) is 0 Å². The SMILES string of the molecule is CC(C)CNC(=O)CN(C)C(=O)[C@@H](N)CC(=O)OCc1ccccc1. The Morgan fingerprint density at radius 2 is 1.84 bits per heavy atom. The molecule has 0 unspecified atom stereocenters. The molecule has 0 aliphatic heterocycles. The van der Waals surface area contributed by atoms with Crippen molar-refractivity contribution in [1.82, 2.24) is 10.2 Å². The largest absolute Gasteiger partial charge is 0.461 e. The fourth-order valence-corrected chi connectivity index (χ4v) is 2.01. The highest BCUT2D eigenvalue weighted by Crippen LogP contribution is 2.03. The van der Waals surface area contributed by atoms with Gasteiger partial charge in [0, 0.05) is 13.6 Å². The summed E-state index contributed by atoms with van der Waals surface area (Å²) in [6.07, 6.45) is -0.233. The number of nitrogens with zero attached hydrogens (tertiary/aromatic N) is 1. The van der Waals surface area contributed by atoms with Gasteiger partial charge in [-0.05, 0) is 11.5 Å². The third-order valence-electron chi connectivity index (χ3n) is 3.41. The lowest BCUT2D eigenvalue weighted by atomic mass is 10.2. The summed E-state index contributed by atoms with van der Waals surface area (Å²) >= 11 is 0. The van der Waals surface area contributed by atoms with Crippen molar-refractivity contribution in [3.8, 4) is 0 Å². The fourth-order valence-electron chi connectivity index (χ4n) is 2.01. The molecule has 3 N–H and O–H groups in total. The molecule has 0 heterocycles. The average Bonchev–Trinajstić information content (AvgIpc) is 2.58. The standard InChI is InChI=1S/C18H27N3O4/c1-13(2)10-20-16(22)11-21(3)18(24)15(19)9-17(23)25-12-14-7-5-4-6-8-14/h4-8,13,15H,9-12,19H2,1-3H3,(H,20,22)/t15-/m0/s1. The molecule has 0 bridgehead atoms. The van der Waals surface area contributed by atoms with Gasteiger partial charge in [-0.1, -0.05) is 44.2 Å². The van der Waals surface area contributed by atoms with Crippen molar-refractivity contribution >= 4 is 17.8 Å². The lowest BCUT2D eigenvalue weighted by Gasteiger charge is -2.20.